The summed E-state index contributed by atoms with van der Waals surface area (Å²) in [6, 6.07) is 17.9. The summed E-state index contributed by atoms with van der Waals surface area (Å²) >= 11 is 0. The summed E-state index contributed by atoms with van der Waals surface area (Å²) in [6.07, 6.45) is 0.822. The van der Waals surface area contributed by atoms with Crippen molar-refractivity contribution in [2.24, 2.45) is 4.99 Å². The van der Waals surface area contributed by atoms with E-state index < -0.39 is 0 Å². The molecule has 0 radical (unpaired) electrons. The molecule has 0 saturated carbocycles. The number of nitrogens with one attached hydrogen (secondary N) is 2. The molecular weight excluding hydrogens is 312 g/mol. The van der Waals surface area contributed by atoms with Gasteiger partial charge < -0.3 is 15.5 Å². The third-order valence-corrected chi connectivity index (χ3v) is 3.79. The monoisotopic (exact) mass is 338 g/mol. The van der Waals surface area contributed by atoms with E-state index >= 15 is 0 Å². The Morgan fingerprint density at radius 3 is 2.44 bits per heavy atom. The molecule has 2 rings (SSSR count). The summed E-state index contributed by atoms with van der Waals surface area (Å²) in [5.74, 6) is 0.791. The second kappa shape index (κ2) is 9.47. The number of rotatable bonds is 6. The Balaban J connectivity index is 1.92. The zero-order chi connectivity index (χ0) is 18.1. The van der Waals surface area contributed by atoms with E-state index in [-0.39, 0.29) is 5.91 Å². The van der Waals surface area contributed by atoms with Crippen molar-refractivity contribution < 1.29 is 4.79 Å². The van der Waals surface area contributed by atoms with Gasteiger partial charge in [0.05, 0.1) is 6.54 Å². The highest BCUT2D eigenvalue weighted by Crippen LogP contribution is 2.06. The SMILES string of the molecule is CNC(=O)c1cccc(CCNC(=NCc2ccccc2)N(C)C)c1. The molecule has 0 bridgehead atoms. The molecule has 0 fully saturated rings. The van der Waals surface area contributed by atoms with Crippen molar-refractivity contribution in [1.82, 2.24) is 15.5 Å². The normalized spacial score (nSPS) is 11.1. The Hall–Kier alpha value is -2.82. The van der Waals surface area contributed by atoms with E-state index in [0.717, 1.165) is 24.5 Å². The lowest BCUT2D eigenvalue weighted by molar-refractivity contribution is 0.0963. The molecule has 0 unspecified atom stereocenters. The van der Waals surface area contributed by atoms with Crippen molar-refractivity contribution >= 4 is 11.9 Å². The van der Waals surface area contributed by atoms with Crippen LogP contribution in [0.3, 0.4) is 0 Å². The molecule has 0 aliphatic carbocycles. The average Bonchev–Trinajstić information content (AvgIpc) is 2.64. The highest BCUT2D eigenvalue weighted by molar-refractivity contribution is 5.94. The summed E-state index contributed by atoms with van der Waals surface area (Å²) in [5.41, 5.74) is 2.99. The fourth-order valence-electron chi connectivity index (χ4n) is 2.44. The van der Waals surface area contributed by atoms with Gasteiger partial charge >= 0.3 is 0 Å². The molecule has 2 aromatic carbocycles. The van der Waals surface area contributed by atoms with Crippen molar-refractivity contribution in [1.29, 1.82) is 0 Å². The minimum Gasteiger partial charge on any atom is -0.356 e. The number of hydrogen-bond acceptors (Lipinski definition) is 2. The van der Waals surface area contributed by atoms with Crippen LogP contribution in [0.2, 0.25) is 0 Å². The van der Waals surface area contributed by atoms with E-state index in [9.17, 15) is 4.79 Å². The predicted octanol–water partition coefficient (Wildman–Crippen LogP) is 2.30. The van der Waals surface area contributed by atoms with Crippen LogP contribution in [-0.4, -0.2) is 44.5 Å². The van der Waals surface area contributed by atoms with Crippen LogP contribution in [-0.2, 0) is 13.0 Å². The van der Waals surface area contributed by atoms with Gasteiger partial charge in [-0.15, -0.1) is 0 Å². The lowest BCUT2D eigenvalue weighted by Crippen LogP contribution is -2.37. The second-order valence-electron chi connectivity index (χ2n) is 5.98. The van der Waals surface area contributed by atoms with Gasteiger partial charge in [0.2, 0.25) is 0 Å². The minimum absolute atomic E-state index is 0.0618. The predicted molar refractivity (Wildman–Crippen MR) is 103 cm³/mol. The number of aliphatic imine (C=N–C) groups is 1. The van der Waals surface area contributed by atoms with E-state index in [0.29, 0.717) is 12.1 Å². The smallest absolute Gasteiger partial charge is 0.251 e. The Labute approximate surface area is 149 Å². The minimum atomic E-state index is -0.0618. The summed E-state index contributed by atoms with van der Waals surface area (Å²) in [4.78, 5) is 18.3. The molecule has 5 nitrogen and oxygen atoms in total. The zero-order valence-electron chi connectivity index (χ0n) is 15.1. The number of amides is 1. The molecule has 0 saturated heterocycles. The highest BCUT2D eigenvalue weighted by atomic mass is 16.1. The van der Waals surface area contributed by atoms with Crippen LogP contribution < -0.4 is 10.6 Å². The van der Waals surface area contributed by atoms with E-state index in [1.165, 1.54) is 5.56 Å². The van der Waals surface area contributed by atoms with Gasteiger partial charge in [-0.25, -0.2) is 4.99 Å². The molecule has 2 aromatic rings. The Morgan fingerprint density at radius 2 is 1.76 bits per heavy atom. The van der Waals surface area contributed by atoms with Crippen LogP contribution in [0.4, 0.5) is 0 Å². The molecule has 0 heterocycles. The van der Waals surface area contributed by atoms with Gasteiger partial charge in [-0.05, 0) is 29.7 Å². The molecule has 2 N–H and O–H groups in total. The Bertz CT molecular complexity index is 711. The van der Waals surface area contributed by atoms with Gasteiger partial charge in [0.15, 0.2) is 5.96 Å². The highest BCUT2D eigenvalue weighted by Gasteiger charge is 2.05. The summed E-state index contributed by atoms with van der Waals surface area (Å²) in [7, 11) is 5.59. The maximum atomic E-state index is 11.7. The van der Waals surface area contributed by atoms with E-state index in [4.69, 9.17) is 0 Å². The van der Waals surface area contributed by atoms with Crippen LogP contribution in [0.1, 0.15) is 21.5 Å². The van der Waals surface area contributed by atoms with Gasteiger partial charge in [0, 0.05) is 33.3 Å². The van der Waals surface area contributed by atoms with Crippen LogP contribution in [0.25, 0.3) is 0 Å². The number of guanidine groups is 1. The molecule has 0 aromatic heterocycles. The maximum absolute atomic E-state index is 11.7. The van der Waals surface area contributed by atoms with Crippen LogP contribution in [0, 0.1) is 0 Å². The van der Waals surface area contributed by atoms with Gasteiger partial charge in [-0.3, -0.25) is 4.79 Å². The first-order chi connectivity index (χ1) is 12.1. The first-order valence-electron chi connectivity index (χ1n) is 8.40. The van der Waals surface area contributed by atoms with Gasteiger partial charge in [-0.1, -0.05) is 42.5 Å². The summed E-state index contributed by atoms with van der Waals surface area (Å²) in [6.45, 7) is 1.40. The Morgan fingerprint density at radius 1 is 1.04 bits per heavy atom. The number of benzene rings is 2. The van der Waals surface area contributed by atoms with Crippen molar-refractivity contribution in [2.45, 2.75) is 13.0 Å². The lowest BCUT2D eigenvalue weighted by atomic mass is 10.1. The number of nitrogens with zero attached hydrogens (tertiary/aromatic N) is 2. The van der Waals surface area contributed by atoms with E-state index in [2.05, 4.69) is 27.8 Å². The van der Waals surface area contributed by atoms with Gasteiger partial charge in [0.25, 0.3) is 5.91 Å². The summed E-state index contributed by atoms with van der Waals surface area (Å²) in [5, 5.41) is 6.03. The van der Waals surface area contributed by atoms with Crippen LogP contribution in [0.5, 0.6) is 0 Å². The van der Waals surface area contributed by atoms with E-state index in [1.54, 1.807) is 7.05 Å². The van der Waals surface area contributed by atoms with Gasteiger partial charge in [-0.2, -0.15) is 0 Å². The molecule has 132 valence electrons. The van der Waals surface area contributed by atoms with E-state index in [1.807, 2.05) is 61.5 Å². The Kier molecular flexibility index (Phi) is 7.01. The largest absolute Gasteiger partial charge is 0.356 e. The van der Waals surface area contributed by atoms with Crippen molar-refractivity contribution in [3.05, 3.63) is 71.3 Å². The number of carbonyl (C=O) groups is 1. The van der Waals surface area contributed by atoms with Gasteiger partial charge in [0.1, 0.15) is 0 Å². The fourth-order valence-corrected chi connectivity index (χ4v) is 2.44. The molecular formula is C20H26N4O. The van der Waals surface area contributed by atoms with Crippen molar-refractivity contribution in [3.63, 3.8) is 0 Å². The standard InChI is InChI=1S/C20H26N4O/c1-21-19(25)18-11-7-10-16(14-18)12-13-22-20(24(2)3)23-15-17-8-5-4-6-9-17/h4-11,14H,12-13,15H2,1-3H3,(H,21,25)(H,22,23). The number of carbonyl (C=O) groups excluding carboxylic acids is 1. The molecule has 0 atom stereocenters. The molecule has 0 spiro atoms. The molecule has 25 heavy (non-hydrogen) atoms. The third-order valence-electron chi connectivity index (χ3n) is 3.79. The maximum Gasteiger partial charge on any atom is 0.251 e. The fraction of sp³-hybridized carbons (Fsp3) is 0.300. The average molecular weight is 338 g/mol. The number of hydrogen-bond donors (Lipinski definition) is 2. The topological polar surface area (TPSA) is 56.7 Å². The molecule has 0 aliphatic rings. The van der Waals surface area contributed by atoms with Crippen LogP contribution >= 0.6 is 0 Å². The first-order valence-corrected chi connectivity index (χ1v) is 8.40. The first kappa shape index (κ1) is 18.5. The van der Waals surface area contributed by atoms with Crippen LogP contribution in [0.15, 0.2) is 59.6 Å². The zero-order valence-corrected chi connectivity index (χ0v) is 15.1. The molecule has 5 heteroatoms. The molecule has 1 amide bonds. The lowest BCUT2D eigenvalue weighted by Gasteiger charge is -2.18. The molecule has 0 aliphatic heterocycles. The third kappa shape index (κ3) is 5.95. The quantitative estimate of drug-likeness (QED) is 0.628. The summed E-state index contributed by atoms with van der Waals surface area (Å²) < 4.78 is 0. The van der Waals surface area contributed by atoms with Crippen molar-refractivity contribution in [3.8, 4) is 0 Å². The van der Waals surface area contributed by atoms with Crippen molar-refractivity contribution in [2.75, 3.05) is 27.7 Å². The second-order valence-corrected chi connectivity index (χ2v) is 5.98.